The molecule has 182 valence electrons. The van der Waals surface area contributed by atoms with Crippen molar-refractivity contribution in [3.63, 3.8) is 0 Å². The van der Waals surface area contributed by atoms with E-state index in [4.69, 9.17) is 29.4 Å². The number of amides is 1. The lowest BCUT2D eigenvalue weighted by Crippen LogP contribution is -2.35. The van der Waals surface area contributed by atoms with Crippen LogP contribution in [0.5, 0.6) is 0 Å². The number of hydrogen-bond donors (Lipinski definition) is 3. The Hall–Kier alpha value is -4.05. The first-order valence-corrected chi connectivity index (χ1v) is 9.47. The van der Waals surface area contributed by atoms with Crippen LogP contribution in [-0.2, 0) is 16.1 Å². The number of aliphatic carboxylic acids is 1. The van der Waals surface area contributed by atoms with Crippen molar-refractivity contribution < 1.29 is 41.6 Å². The molecule has 16 heteroatoms. The van der Waals surface area contributed by atoms with Gasteiger partial charge in [0, 0.05) is 31.9 Å². The minimum Gasteiger partial charge on any atom is -0.475 e. The van der Waals surface area contributed by atoms with E-state index in [1.807, 2.05) is 0 Å². The van der Waals surface area contributed by atoms with Gasteiger partial charge in [-0.15, -0.1) is 0 Å². The molecule has 4 N–H and O–H groups in total. The molecule has 1 aliphatic heterocycles. The van der Waals surface area contributed by atoms with Crippen LogP contribution in [0.4, 0.5) is 13.2 Å². The van der Waals surface area contributed by atoms with Gasteiger partial charge in [0.05, 0.1) is 18.8 Å². The van der Waals surface area contributed by atoms with Gasteiger partial charge in [-0.3, -0.25) is 14.5 Å². The van der Waals surface area contributed by atoms with Crippen molar-refractivity contribution >= 4 is 11.9 Å². The quantitative estimate of drug-likeness (QED) is 0.459. The zero-order valence-corrected chi connectivity index (χ0v) is 17.2. The summed E-state index contributed by atoms with van der Waals surface area (Å²) < 4.78 is 47.2. The number of aromatic amines is 1. The van der Waals surface area contributed by atoms with Crippen molar-refractivity contribution in [1.29, 1.82) is 0 Å². The Labute approximate surface area is 187 Å². The Morgan fingerprint density at radius 3 is 2.44 bits per heavy atom. The van der Waals surface area contributed by atoms with Gasteiger partial charge in [-0.1, -0.05) is 10.3 Å². The fourth-order valence-corrected chi connectivity index (χ4v) is 2.73. The topological polar surface area (TPSA) is 191 Å². The lowest BCUT2D eigenvalue weighted by atomic mass is 10.2. The van der Waals surface area contributed by atoms with Crippen LogP contribution in [0.15, 0.2) is 32.2 Å². The van der Waals surface area contributed by atoms with E-state index >= 15 is 0 Å². The second-order valence-corrected chi connectivity index (χ2v) is 6.81. The third-order valence-corrected chi connectivity index (χ3v) is 4.36. The predicted octanol–water partition coefficient (Wildman–Crippen LogP) is 0.644. The average molecular weight is 486 g/mol. The molecule has 3 aromatic rings. The standard InChI is InChI=1S/C16H16N6O5.C2HF3O2/c17-13(23)11-6-12(26-20-11)16-19-14(21-27-16)10-5-9(7-18-15(10)24)8-22-1-3-25-4-2-22;3-2(4,5)1(6)7/h5-7H,1-4,8H2,(H2,17,23)(H,18,24);(H,6,7). The van der Waals surface area contributed by atoms with E-state index in [2.05, 4.69) is 25.2 Å². The monoisotopic (exact) mass is 486 g/mol. The fraction of sp³-hybridized carbons (Fsp3) is 0.333. The van der Waals surface area contributed by atoms with Gasteiger partial charge in [-0.25, -0.2) is 4.79 Å². The SMILES string of the molecule is NC(=O)c1cc(-c2nc(-c3cc(CN4CCOCC4)c[nH]c3=O)no2)on1.O=C(O)C(F)(F)F. The maximum Gasteiger partial charge on any atom is 0.490 e. The van der Waals surface area contributed by atoms with Crippen LogP contribution in [0.25, 0.3) is 23.0 Å². The number of rotatable bonds is 5. The fourth-order valence-electron chi connectivity index (χ4n) is 2.73. The van der Waals surface area contributed by atoms with Crippen molar-refractivity contribution in [3.8, 4) is 23.0 Å². The summed E-state index contributed by atoms with van der Waals surface area (Å²) in [4.78, 5) is 41.3. The number of primary amides is 1. The summed E-state index contributed by atoms with van der Waals surface area (Å²) >= 11 is 0. The summed E-state index contributed by atoms with van der Waals surface area (Å²) in [6.07, 6.45) is -3.42. The molecule has 0 saturated carbocycles. The number of nitrogens with one attached hydrogen (secondary N) is 1. The summed E-state index contributed by atoms with van der Waals surface area (Å²) in [7, 11) is 0. The minimum absolute atomic E-state index is 0.0111. The first-order chi connectivity index (χ1) is 16.0. The third kappa shape index (κ3) is 6.26. The number of pyridine rings is 1. The third-order valence-electron chi connectivity index (χ3n) is 4.36. The highest BCUT2D eigenvalue weighted by molar-refractivity contribution is 5.91. The number of nitrogens with zero attached hydrogens (tertiary/aromatic N) is 4. The van der Waals surface area contributed by atoms with E-state index in [0.717, 1.165) is 18.7 Å². The Balaban J connectivity index is 0.000000406. The number of nitrogens with two attached hydrogens (primary N) is 1. The largest absolute Gasteiger partial charge is 0.490 e. The number of aromatic nitrogens is 4. The van der Waals surface area contributed by atoms with E-state index in [9.17, 15) is 22.8 Å². The molecule has 1 saturated heterocycles. The molecule has 0 aromatic carbocycles. The van der Waals surface area contributed by atoms with Crippen LogP contribution < -0.4 is 11.3 Å². The van der Waals surface area contributed by atoms with Crippen molar-refractivity contribution in [2.75, 3.05) is 26.3 Å². The number of H-pyrrole nitrogens is 1. The molecule has 0 unspecified atom stereocenters. The lowest BCUT2D eigenvalue weighted by Gasteiger charge is -2.26. The van der Waals surface area contributed by atoms with E-state index in [1.54, 1.807) is 12.3 Å². The molecule has 4 rings (SSSR count). The molecule has 4 heterocycles. The molecular weight excluding hydrogens is 469 g/mol. The van der Waals surface area contributed by atoms with E-state index in [1.165, 1.54) is 6.07 Å². The first-order valence-electron chi connectivity index (χ1n) is 9.47. The van der Waals surface area contributed by atoms with Crippen LogP contribution in [0, 0.1) is 0 Å². The number of carbonyl (C=O) groups is 2. The molecule has 0 radical (unpaired) electrons. The Morgan fingerprint density at radius 2 is 1.85 bits per heavy atom. The number of alkyl halides is 3. The molecule has 13 nitrogen and oxygen atoms in total. The molecule has 1 fully saturated rings. The maximum absolute atomic E-state index is 12.2. The molecular formula is C18H17F3N6O7. The van der Waals surface area contributed by atoms with Crippen LogP contribution in [-0.4, -0.2) is 74.6 Å². The number of carboxylic acids is 1. The number of halogens is 3. The lowest BCUT2D eigenvalue weighted by molar-refractivity contribution is -0.192. The highest BCUT2D eigenvalue weighted by atomic mass is 19.4. The summed E-state index contributed by atoms with van der Waals surface area (Å²) in [5, 5.41) is 14.5. The predicted molar refractivity (Wildman–Crippen MR) is 104 cm³/mol. The molecule has 3 aromatic heterocycles. The zero-order chi connectivity index (χ0) is 24.9. The normalized spacial score (nSPS) is 14.3. The van der Waals surface area contributed by atoms with Crippen LogP contribution >= 0.6 is 0 Å². The van der Waals surface area contributed by atoms with E-state index < -0.39 is 18.1 Å². The molecule has 1 amide bonds. The number of carbonyl (C=O) groups excluding carboxylic acids is 1. The second kappa shape index (κ2) is 10.3. The van der Waals surface area contributed by atoms with Crippen LogP contribution in [0.3, 0.4) is 0 Å². The first kappa shape index (κ1) is 24.6. The number of carboxylic acid groups (broad SMARTS) is 1. The second-order valence-electron chi connectivity index (χ2n) is 6.81. The number of hydrogen-bond acceptors (Lipinski definition) is 10. The average Bonchev–Trinajstić information content (AvgIpc) is 3.45. The maximum atomic E-state index is 12.2. The van der Waals surface area contributed by atoms with Gasteiger partial charge < -0.3 is 29.6 Å². The Bertz CT molecular complexity index is 1210. The van der Waals surface area contributed by atoms with Crippen molar-refractivity contribution in [2.24, 2.45) is 5.73 Å². The summed E-state index contributed by atoms with van der Waals surface area (Å²) in [5.41, 5.74) is 5.90. The molecule has 0 aliphatic carbocycles. The molecule has 34 heavy (non-hydrogen) atoms. The molecule has 0 bridgehead atoms. The summed E-state index contributed by atoms with van der Waals surface area (Å²) in [6, 6.07) is 3.01. The van der Waals surface area contributed by atoms with Gasteiger partial charge in [0.25, 0.3) is 17.4 Å². The molecule has 0 spiro atoms. The summed E-state index contributed by atoms with van der Waals surface area (Å²) in [6.45, 7) is 3.70. The minimum atomic E-state index is -5.08. The van der Waals surface area contributed by atoms with Gasteiger partial charge in [-0.05, 0) is 11.6 Å². The smallest absolute Gasteiger partial charge is 0.475 e. The van der Waals surface area contributed by atoms with Gasteiger partial charge in [-0.2, -0.15) is 18.2 Å². The van der Waals surface area contributed by atoms with E-state index in [-0.39, 0.29) is 34.3 Å². The highest BCUT2D eigenvalue weighted by Crippen LogP contribution is 2.22. The molecule has 1 aliphatic rings. The van der Waals surface area contributed by atoms with Crippen molar-refractivity contribution in [1.82, 2.24) is 25.2 Å². The van der Waals surface area contributed by atoms with Gasteiger partial charge in [0.15, 0.2) is 5.69 Å². The van der Waals surface area contributed by atoms with E-state index in [0.29, 0.717) is 19.8 Å². The van der Waals surface area contributed by atoms with Crippen molar-refractivity contribution in [3.05, 3.63) is 39.9 Å². The number of ether oxygens (including phenoxy) is 1. The van der Waals surface area contributed by atoms with Gasteiger partial charge in [0.1, 0.15) is 0 Å². The highest BCUT2D eigenvalue weighted by Gasteiger charge is 2.38. The Kier molecular flexibility index (Phi) is 7.42. The molecule has 0 atom stereocenters. The summed E-state index contributed by atoms with van der Waals surface area (Å²) in [5.74, 6) is -3.32. The van der Waals surface area contributed by atoms with Gasteiger partial charge >= 0.3 is 12.1 Å². The van der Waals surface area contributed by atoms with Crippen LogP contribution in [0.1, 0.15) is 16.1 Å². The number of morpholine rings is 1. The Morgan fingerprint density at radius 1 is 1.18 bits per heavy atom. The van der Waals surface area contributed by atoms with Crippen molar-refractivity contribution in [2.45, 2.75) is 12.7 Å². The van der Waals surface area contributed by atoms with Gasteiger partial charge in [0.2, 0.25) is 11.6 Å². The van der Waals surface area contributed by atoms with Crippen LogP contribution in [0.2, 0.25) is 0 Å². The zero-order valence-electron chi connectivity index (χ0n) is 17.2.